The molecule has 1 fully saturated rings. The Bertz CT molecular complexity index is 496. The first-order chi connectivity index (χ1) is 11.3. The normalized spacial score (nSPS) is 25.1. The predicted octanol–water partition coefficient (Wildman–Crippen LogP) is 3.61. The van der Waals surface area contributed by atoms with Gasteiger partial charge in [-0.2, -0.15) is 0 Å². The summed E-state index contributed by atoms with van der Waals surface area (Å²) in [7, 11) is 2.12. The summed E-state index contributed by atoms with van der Waals surface area (Å²) in [6.45, 7) is 1.17. The minimum Gasteiger partial charge on any atom is -0.492 e. The number of ether oxygens (including phenoxy) is 1. The van der Waals surface area contributed by atoms with Gasteiger partial charge in [-0.05, 0) is 61.4 Å². The second kappa shape index (κ2) is 8.16. The lowest BCUT2D eigenvalue weighted by Crippen LogP contribution is -2.37. The molecule has 0 aliphatic heterocycles. The number of nitrogens with two attached hydrogens (primary N) is 1. The van der Waals surface area contributed by atoms with Crippen LogP contribution in [0.15, 0.2) is 18.2 Å². The molecule has 0 heterocycles. The van der Waals surface area contributed by atoms with Crippen molar-refractivity contribution in [1.29, 1.82) is 0 Å². The molecule has 0 spiro atoms. The van der Waals surface area contributed by atoms with E-state index in [9.17, 15) is 0 Å². The van der Waals surface area contributed by atoms with Gasteiger partial charge in [-0.1, -0.05) is 38.2 Å². The Labute approximate surface area is 141 Å². The van der Waals surface area contributed by atoms with Crippen LogP contribution in [0.5, 0.6) is 5.75 Å². The maximum atomic E-state index is 5.78. The van der Waals surface area contributed by atoms with Crippen molar-refractivity contribution in [1.82, 2.24) is 5.32 Å². The standard InChI is InChI=1S/C20H32N2O/c1-22-20-10-8-16-7-9-17(23-12-11-21)14-18(16)19(20)13-15-5-3-2-4-6-15/h7,9,14-15,19-20,22H,2-6,8,10-13,21H2,1H3. The molecule has 2 aliphatic rings. The fourth-order valence-electron chi connectivity index (χ4n) is 4.56. The number of hydrogen-bond donors (Lipinski definition) is 2. The van der Waals surface area contributed by atoms with E-state index in [0.717, 1.165) is 11.7 Å². The highest BCUT2D eigenvalue weighted by molar-refractivity contribution is 5.40. The molecule has 128 valence electrons. The average molecular weight is 316 g/mol. The molecule has 3 heteroatoms. The van der Waals surface area contributed by atoms with Gasteiger partial charge in [0.15, 0.2) is 0 Å². The van der Waals surface area contributed by atoms with Crippen molar-refractivity contribution in [2.24, 2.45) is 11.7 Å². The molecule has 1 aromatic rings. The SMILES string of the molecule is CNC1CCc2ccc(OCCN)cc2C1CC1CCCCC1. The van der Waals surface area contributed by atoms with Crippen LogP contribution >= 0.6 is 0 Å². The molecule has 2 unspecified atom stereocenters. The Morgan fingerprint density at radius 3 is 2.74 bits per heavy atom. The summed E-state index contributed by atoms with van der Waals surface area (Å²) in [6.07, 6.45) is 10.9. The molecule has 3 N–H and O–H groups in total. The Kier molecular flexibility index (Phi) is 5.96. The van der Waals surface area contributed by atoms with E-state index in [1.807, 2.05) is 0 Å². The molecule has 1 saturated carbocycles. The van der Waals surface area contributed by atoms with Crippen LogP contribution in [-0.2, 0) is 6.42 Å². The summed E-state index contributed by atoms with van der Waals surface area (Å²) in [5.74, 6) is 2.53. The minimum atomic E-state index is 0.571. The molecule has 0 aromatic heterocycles. The van der Waals surface area contributed by atoms with Crippen LogP contribution in [0, 0.1) is 5.92 Å². The van der Waals surface area contributed by atoms with E-state index < -0.39 is 0 Å². The highest BCUT2D eigenvalue weighted by atomic mass is 16.5. The molecule has 23 heavy (non-hydrogen) atoms. The van der Waals surface area contributed by atoms with E-state index in [2.05, 4.69) is 30.6 Å². The van der Waals surface area contributed by atoms with Crippen LogP contribution in [0.1, 0.15) is 62.0 Å². The Morgan fingerprint density at radius 2 is 2.00 bits per heavy atom. The highest BCUT2D eigenvalue weighted by Gasteiger charge is 2.31. The van der Waals surface area contributed by atoms with E-state index in [0.29, 0.717) is 25.1 Å². The van der Waals surface area contributed by atoms with Crippen molar-refractivity contribution < 1.29 is 4.74 Å². The molecule has 0 amide bonds. The lowest BCUT2D eigenvalue weighted by atomic mass is 9.72. The molecule has 1 aromatic carbocycles. The fraction of sp³-hybridized carbons (Fsp3) is 0.700. The molecular weight excluding hydrogens is 284 g/mol. The number of hydrogen-bond acceptors (Lipinski definition) is 3. The summed E-state index contributed by atoms with van der Waals surface area (Å²) in [5.41, 5.74) is 8.62. The van der Waals surface area contributed by atoms with Gasteiger partial charge in [0, 0.05) is 12.6 Å². The predicted molar refractivity (Wildman–Crippen MR) is 96.1 cm³/mol. The third kappa shape index (κ3) is 4.07. The lowest BCUT2D eigenvalue weighted by Gasteiger charge is -2.37. The lowest BCUT2D eigenvalue weighted by molar-refractivity contribution is 0.279. The monoisotopic (exact) mass is 316 g/mol. The number of benzene rings is 1. The zero-order valence-corrected chi connectivity index (χ0v) is 14.5. The van der Waals surface area contributed by atoms with E-state index in [-0.39, 0.29) is 0 Å². The van der Waals surface area contributed by atoms with Crippen molar-refractivity contribution in [3.63, 3.8) is 0 Å². The molecule has 0 radical (unpaired) electrons. The van der Waals surface area contributed by atoms with Crippen LogP contribution in [0.25, 0.3) is 0 Å². The van der Waals surface area contributed by atoms with Crippen molar-refractivity contribution in [2.45, 2.75) is 63.3 Å². The van der Waals surface area contributed by atoms with Gasteiger partial charge < -0.3 is 15.8 Å². The Morgan fingerprint density at radius 1 is 1.17 bits per heavy atom. The largest absolute Gasteiger partial charge is 0.492 e. The van der Waals surface area contributed by atoms with Crippen molar-refractivity contribution >= 4 is 0 Å². The fourth-order valence-corrected chi connectivity index (χ4v) is 4.56. The molecule has 3 rings (SSSR count). The van der Waals surface area contributed by atoms with E-state index in [4.69, 9.17) is 10.5 Å². The van der Waals surface area contributed by atoms with Crippen molar-refractivity contribution in [2.75, 3.05) is 20.2 Å². The summed E-state index contributed by atoms with van der Waals surface area (Å²) < 4.78 is 5.78. The quantitative estimate of drug-likeness (QED) is 0.843. The van der Waals surface area contributed by atoms with Gasteiger partial charge in [0.1, 0.15) is 12.4 Å². The van der Waals surface area contributed by atoms with Gasteiger partial charge in [0.2, 0.25) is 0 Å². The third-order valence-corrected chi connectivity index (χ3v) is 5.80. The first-order valence-electron chi connectivity index (χ1n) is 9.44. The second-order valence-corrected chi connectivity index (χ2v) is 7.28. The smallest absolute Gasteiger partial charge is 0.119 e. The second-order valence-electron chi connectivity index (χ2n) is 7.28. The van der Waals surface area contributed by atoms with Crippen LogP contribution in [0.3, 0.4) is 0 Å². The molecule has 3 nitrogen and oxygen atoms in total. The first kappa shape index (κ1) is 16.8. The molecule has 0 saturated heterocycles. The number of likely N-dealkylation sites (N-methyl/N-ethyl adjacent to an activating group) is 1. The topological polar surface area (TPSA) is 47.3 Å². The van der Waals surface area contributed by atoms with E-state index >= 15 is 0 Å². The van der Waals surface area contributed by atoms with Gasteiger partial charge in [0.25, 0.3) is 0 Å². The highest BCUT2D eigenvalue weighted by Crippen LogP contribution is 2.41. The Hall–Kier alpha value is -1.06. The van der Waals surface area contributed by atoms with Crippen LogP contribution in [-0.4, -0.2) is 26.2 Å². The zero-order chi connectivity index (χ0) is 16.1. The van der Waals surface area contributed by atoms with E-state index in [1.165, 1.54) is 62.5 Å². The van der Waals surface area contributed by atoms with Gasteiger partial charge >= 0.3 is 0 Å². The number of aryl methyl sites for hydroxylation is 1. The summed E-state index contributed by atoms with van der Waals surface area (Å²) in [4.78, 5) is 0. The summed E-state index contributed by atoms with van der Waals surface area (Å²) in [6, 6.07) is 7.29. The molecule has 2 atom stereocenters. The van der Waals surface area contributed by atoms with Crippen LogP contribution < -0.4 is 15.8 Å². The minimum absolute atomic E-state index is 0.571. The third-order valence-electron chi connectivity index (χ3n) is 5.80. The van der Waals surface area contributed by atoms with Crippen LogP contribution in [0.4, 0.5) is 0 Å². The summed E-state index contributed by atoms with van der Waals surface area (Å²) in [5, 5.41) is 3.59. The van der Waals surface area contributed by atoms with Gasteiger partial charge in [-0.15, -0.1) is 0 Å². The maximum Gasteiger partial charge on any atom is 0.119 e. The molecular formula is C20H32N2O. The average Bonchev–Trinajstić information content (AvgIpc) is 2.61. The van der Waals surface area contributed by atoms with Gasteiger partial charge in [-0.3, -0.25) is 0 Å². The van der Waals surface area contributed by atoms with Gasteiger partial charge in [0.05, 0.1) is 0 Å². The molecule has 2 aliphatic carbocycles. The number of rotatable bonds is 6. The van der Waals surface area contributed by atoms with E-state index in [1.54, 1.807) is 0 Å². The van der Waals surface area contributed by atoms with Crippen molar-refractivity contribution in [3.8, 4) is 5.75 Å². The zero-order valence-electron chi connectivity index (χ0n) is 14.5. The number of nitrogens with one attached hydrogen (secondary N) is 1. The first-order valence-corrected chi connectivity index (χ1v) is 9.44. The summed E-state index contributed by atoms with van der Waals surface area (Å²) >= 11 is 0. The van der Waals surface area contributed by atoms with Gasteiger partial charge in [-0.25, -0.2) is 0 Å². The van der Waals surface area contributed by atoms with Crippen molar-refractivity contribution in [3.05, 3.63) is 29.3 Å². The van der Waals surface area contributed by atoms with Crippen LogP contribution in [0.2, 0.25) is 0 Å². The number of fused-ring (bicyclic) bond motifs is 1. The molecule has 0 bridgehead atoms. The Balaban J connectivity index is 1.80. The maximum absolute atomic E-state index is 5.78.